The van der Waals surface area contributed by atoms with Crippen LogP contribution in [0.15, 0.2) is 29.3 Å². The van der Waals surface area contributed by atoms with Crippen LogP contribution in [-0.4, -0.2) is 25.6 Å². The molecule has 0 spiro atoms. The fourth-order valence-electron chi connectivity index (χ4n) is 1.51. The molecule has 0 fully saturated rings. The molecule has 0 aliphatic carbocycles. The van der Waals surface area contributed by atoms with Gasteiger partial charge in [-0.15, -0.1) is 30.4 Å². The second-order valence-corrected chi connectivity index (χ2v) is 4.13. The monoisotopic (exact) mass is 435 g/mol. The smallest absolute Gasteiger partial charge is 0.357 e. The van der Waals surface area contributed by atoms with Crippen LogP contribution in [0.1, 0.15) is 18.1 Å². The Morgan fingerprint density at radius 2 is 2.04 bits per heavy atom. The zero-order valence-corrected chi connectivity index (χ0v) is 14.8. The summed E-state index contributed by atoms with van der Waals surface area (Å²) in [6, 6.07) is 4.89. The number of nitrogens with zero attached hydrogens (tertiary/aromatic N) is 1. The number of hydrogen-bond acceptors (Lipinski definition) is 1. The maximum atomic E-state index is 12.6. The predicted molar refractivity (Wildman–Crippen MR) is 96.6 cm³/mol. The number of rotatable bonds is 3. The number of nitrogens with one attached hydrogen (secondary N) is 2. The lowest BCUT2D eigenvalue weighted by atomic mass is 10.1. The SMILES string of the molecule is C#CCN=C(NCC)NCC#Cc1cccc(C(F)(F)F)c1.I. The molecule has 0 amide bonds. The molecule has 2 N–H and O–H groups in total. The summed E-state index contributed by atoms with van der Waals surface area (Å²) in [7, 11) is 0. The lowest BCUT2D eigenvalue weighted by molar-refractivity contribution is -0.137. The average molecular weight is 435 g/mol. The second kappa shape index (κ2) is 10.8. The van der Waals surface area contributed by atoms with Gasteiger partial charge in [-0.3, -0.25) is 0 Å². The van der Waals surface area contributed by atoms with E-state index in [1.807, 2.05) is 6.92 Å². The van der Waals surface area contributed by atoms with E-state index in [2.05, 4.69) is 33.4 Å². The van der Waals surface area contributed by atoms with Crippen molar-refractivity contribution in [3.8, 4) is 24.2 Å². The van der Waals surface area contributed by atoms with Crippen molar-refractivity contribution in [3.05, 3.63) is 35.4 Å². The van der Waals surface area contributed by atoms with Crippen LogP contribution in [0.4, 0.5) is 13.2 Å². The zero-order valence-electron chi connectivity index (χ0n) is 12.5. The van der Waals surface area contributed by atoms with Gasteiger partial charge in [0.15, 0.2) is 5.96 Å². The van der Waals surface area contributed by atoms with E-state index in [1.54, 1.807) is 0 Å². The van der Waals surface area contributed by atoms with Crippen LogP contribution in [0.25, 0.3) is 0 Å². The van der Waals surface area contributed by atoms with Gasteiger partial charge in [0.25, 0.3) is 0 Å². The van der Waals surface area contributed by atoms with E-state index in [4.69, 9.17) is 6.42 Å². The van der Waals surface area contributed by atoms with Crippen molar-refractivity contribution in [1.82, 2.24) is 10.6 Å². The molecule has 0 aliphatic heterocycles. The van der Waals surface area contributed by atoms with Crippen LogP contribution >= 0.6 is 24.0 Å². The number of hydrogen-bond donors (Lipinski definition) is 2. The van der Waals surface area contributed by atoms with Gasteiger partial charge in [0.2, 0.25) is 0 Å². The van der Waals surface area contributed by atoms with Gasteiger partial charge in [-0.05, 0) is 25.1 Å². The highest BCUT2D eigenvalue weighted by Crippen LogP contribution is 2.29. The highest BCUT2D eigenvalue weighted by molar-refractivity contribution is 14.0. The van der Waals surface area contributed by atoms with Crippen molar-refractivity contribution in [1.29, 1.82) is 0 Å². The van der Waals surface area contributed by atoms with Crippen LogP contribution in [-0.2, 0) is 6.18 Å². The number of guanidine groups is 1. The zero-order chi connectivity index (χ0) is 16.4. The first-order valence-corrected chi connectivity index (χ1v) is 6.59. The Morgan fingerprint density at radius 3 is 2.65 bits per heavy atom. The van der Waals surface area contributed by atoms with Crippen LogP contribution in [0, 0.1) is 24.2 Å². The van der Waals surface area contributed by atoms with Crippen molar-refractivity contribution < 1.29 is 13.2 Å². The van der Waals surface area contributed by atoms with E-state index in [0.717, 1.165) is 12.1 Å². The molecule has 0 unspecified atom stereocenters. The molecular weight excluding hydrogens is 418 g/mol. The van der Waals surface area contributed by atoms with Gasteiger partial charge in [0.05, 0.1) is 12.1 Å². The number of terminal acetylenes is 1. The molecule has 0 saturated carbocycles. The molecule has 0 heterocycles. The molecule has 0 radical (unpaired) electrons. The van der Waals surface area contributed by atoms with Gasteiger partial charge in [-0.2, -0.15) is 13.2 Å². The molecule has 1 aromatic rings. The minimum absolute atomic E-state index is 0. The van der Waals surface area contributed by atoms with Gasteiger partial charge in [-0.1, -0.05) is 23.8 Å². The van der Waals surface area contributed by atoms with Crippen molar-refractivity contribution in [2.24, 2.45) is 4.99 Å². The number of benzene rings is 1. The average Bonchev–Trinajstić information content (AvgIpc) is 2.48. The summed E-state index contributed by atoms with van der Waals surface area (Å²) >= 11 is 0. The van der Waals surface area contributed by atoms with E-state index in [9.17, 15) is 13.2 Å². The third-order valence-electron chi connectivity index (χ3n) is 2.44. The van der Waals surface area contributed by atoms with E-state index >= 15 is 0 Å². The number of halogens is 4. The maximum Gasteiger partial charge on any atom is 0.416 e. The third-order valence-corrected chi connectivity index (χ3v) is 2.44. The first kappa shape index (κ1) is 21.1. The van der Waals surface area contributed by atoms with Crippen molar-refractivity contribution in [3.63, 3.8) is 0 Å². The lowest BCUT2D eigenvalue weighted by Gasteiger charge is -2.07. The normalized spacial score (nSPS) is 10.7. The Bertz CT molecular complexity index is 622. The number of alkyl halides is 3. The standard InChI is InChI=1S/C16H16F3N3.HI/c1-3-10-21-15(20-4-2)22-11-6-8-13-7-5-9-14(12-13)16(17,18)19;/h1,5,7,9,12H,4,10-11H2,2H3,(H2,20,21,22);1H. The van der Waals surface area contributed by atoms with Gasteiger partial charge in [0, 0.05) is 12.1 Å². The summed E-state index contributed by atoms with van der Waals surface area (Å²) in [5, 5.41) is 5.89. The van der Waals surface area contributed by atoms with Crippen LogP contribution < -0.4 is 10.6 Å². The molecule has 124 valence electrons. The Labute approximate surface area is 151 Å². The van der Waals surface area contributed by atoms with Crippen molar-refractivity contribution >= 4 is 29.9 Å². The van der Waals surface area contributed by atoms with E-state index in [1.165, 1.54) is 12.1 Å². The molecule has 0 bridgehead atoms. The van der Waals surface area contributed by atoms with Crippen molar-refractivity contribution in [2.75, 3.05) is 19.6 Å². The van der Waals surface area contributed by atoms with Gasteiger partial charge >= 0.3 is 6.18 Å². The summed E-state index contributed by atoms with van der Waals surface area (Å²) in [5.74, 6) is 8.32. The molecule has 7 heteroatoms. The van der Waals surface area contributed by atoms with Crippen molar-refractivity contribution in [2.45, 2.75) is 13.1 Å². The lowest BCUT2D eigenvalue weighted by Crippen LogP contribution is -2.37. The molecule has 0 aromatic heterocycles. The fraction of sp³-hybridized carbons (Fsp3) is 0.312. The molecule has 0 saturated heterocycles. The Morgan fingerprint density at radius 1 is 1.30 bits per heavy atom. The quantitative estimate of drug-likeness (QED) is 0.332. The molecule has 1 rings (SSSR count). The predicted octanol–water partition coefficient (Wildman–Crippen LogP) is 2.86. The molecule has 0 aliphatic rings. The molecule has 0 atom stereocenters. The maximum absolute atomic E-state index is 12.6. The molecule has 3 nitrogen and oxygen atoms in total. The minimum atomic E-state index is -4.37. The number of aliphatic imine (C=N–C) groups is 1. The Balaban J connectivity index is 0.00000484. The summed E-state index contributed by atoms with van der Waals surface area (Å²) in [6.07, 6.45) is 0.756. The Kier molecular flexibility index (Phi) is 9.91. The van der Waals surface area contributed by atoms with Gasteiger partial charge in [-0.25, -0.2) is 4.99 Å². The van der Waals surface area contributed by atoms with Gasteiger partial charge < -0.3 is 10.6 Å². The summed E-state index contributed by atoms with van der Waals surface area (Å²) < 4.78 is 37.7. The summed E-state index contributed by atoms with van der Waals surface area (Å²) in [5.41, 5.74) is -0.404. The van der Waals surface area contributed by atoms with Crippen LogP contribution in [0.3, 0.4) is 0 Å². The second-order valence-electron chi connectivity index (χ2n) is 4.13. The minimum Gasteiger partial charge on any atom is -0.357 e. The Hall–Kier alpha value is -1.87. The van der Waals surface area contributed by atoms with Crippen LogP contribution in [0.2, 0.25) is 0 Å². The van der Waals surface area contributed by atoms with E-state index in [-0.39, 0.29) is 37.1 Å². The first-order valence-electron chi connectivity index (χ1n) is 6.59. The summed E-state index contributed by atoms with van der Waals surface area (Å²) in [4.78, 5) is 4.06. The summed E-state index contributed by atoms with van der Waals surface area (Å²) in [6.45, 7) is 3.04. The highest BCUT2D eigenvalue weighted by atomic mass is 127. The first-order chi connectivity index (χ1) is 10.5. The molecule has 1 aromatic carbocycles. The van der Waals surface area contributed by atoms with Gasteiger partial charge in [0.1, 0.15) is 6.54 Å². The fourth-order valence-corrected chi connectivity index (χ4v) is 1.51. The topological polar surface area (TPSA) is 36.4 Å². The molecular formula is C16H17F3IN3. The third kappa shape index (κ3) is 8.36. The largest absolute Gasteiger partial charge is 0.416 e. The highest BCUT2D eigenvalue weighted by Gasteiger charge is 2.30. The van der Waals surface area contributed by atoms with E-state index < -0.39 is 11.7 Å². The van der Waals surface area contributed by atoms with E-state index in [0.29, 0.717) is 18.1 Å². The van der Waals surface area contributed by atoms with Crippen LogP contribution in [0.5, 0.6) is 0 Å². The molecule has 23 heavy (non-hydrogen) atoms.